The zero-order chi connectivity index (χ0) is 23.7. The Morgan fingerprint density at radius 1 is 1.42 bits per heavy atom. The molecule has 0 spiro atoms. The maximum Gasteiger partial charge on any atom is 0.356 e. The molecule has 172 valence electrons. The number of amides is 1. The molecule has 1 saturated heterocycles. The Hall–Kier alpha value is -3.58. The fraction of sp³-hybridized carbons (Fsp3) is 0.350. The maximum absolute atomic E-state index is 12.9. The lowest BCUT2D eigenvalue weighted by molar-refractivity contribution is -0.384. The van der Waals surface area contributed by atoms with Gasteiger partial charge in [-0.05, 0) is 47.4 Å². The number of ether oxygens (including phenoxy) is 1. The summed E-state index contributed by atoms with van der Waals surface area (Å²) in [6.45, 7) is 3.19. The maximum atomic E-state index is 12.9. The first-order valence-corrected chi connectivity index (χ1v) is 10.9. The van der Waals surface area contributed by atoms with Crippen molar-refractivity contribution in [3.63, 3.8) is 0 Å². The molecule has 0 bridgehead atoms. The fourth-order valence-corrected chi connectivity index (χ4v) is 4.70. The third kappa shape index (κ3) is 4.36. The van der Waals surface area contributed by atoms with Gasteiger partial charge in [0.2, 0.25) is 5.91 Å². The van der Waals surface area contributed by atoms with Crippen LogP contribution < -0.4 is 0 Å². The molecule has 0 saturated carbocycles. The van der Waals surface area contributed by atoms with Crippen LogP contribution in [0.25, 0.3) is 6.20 Å². The molecular formula is C20H20N6O6S. The van der Waals surface area contributed by atoms with Gasteiger partial charge in [-0.15, -0.1) is 5.10 Å². The lowest BCUT2D eigenvalue weighted by atomic mass is 9.83. The molecule has 1 fully saturated rings. The number of aliphatic hydroxyl groups excluding tert-OH is 1. The molecule has 3 heterocycles. The minimum absolute atomic E-state index is 0.0648. The van der Waals surface area contributed by atoms with Crippen LogP contribution in [0.2, 0.25) is 0 Å². The quantitative estimate of drug-likeness (QED) is 0.259. The number of fused-ring (bicyclic) bond motifs is 1. The van der Waals surface area contributed by atoms with Crippen molar-refractivity contribution in [2.45, 2.75) is 39.0 Å². The highest BCUT2D eigenvalue weighted by Gasteiger charge is 2.56. The van der Waals surface area contributed by atoms with E-state index in [4.69, 9.17) is 4.74 Å². The number of benzene rings is 1. The summed E-state index contributed by atoms with van der Waals surface area (Å²) in [5, 5.41) is 33.6. The van der Waals surface area contributed by atoms with E-state index in [-0.39, 0.29) is 29.9 Å². The van der Waals surface area contributed by atoms with Gasteiger partial charge in [-0.1, -0.05) is 11.8 Å². The Morgan fingerprint density at radius 3 is 2.76 bits per heavy atom. The molecule has 3 atom stereocenters. The van der Waals surface area contributed by atoms with Crippen molar-refractivity contribution in [3.8, 4) is 0 Å². The molecule has 1 aromatic carbocycles. The zero-order valence-corrected chi connectivity index (χ0v) is 18.5. The van der Waals surface area contributed by atoms with Crippen molar-refractivity contribution >= 4 is 35.5 Å². The molecule has 4 rings (SSSR count). The van der Waals surface area contributed by atoms with Gasteiger partial charge in [0.1, 0.15) is 12.3 Å². The number of nitro benzene ring substituents is 1. The first kappa shape index (κ1) is 22.6. The van der Waals surface area contributed by atoms with Crippen LogP contribution in [-0.4, -0.2) is 59.2 Å². The number of tetrazole rings is 1. The SMILES string of the molecule is Cc1nnnn1C=CSC1=C(C(=O)OCc2ccc([N+](=O)[O-])cc2)N2C(=O)[C@@H]([C@H](C)O)[C@H]2C1. The number of hydrogen-bond acceptors (Lipinski definition) is 10. The van der Waals surface area contributed by atoms with Gasteiger partial charge in [-0.25, -0.2) is 9.48 Å². The van der Waals surface area contributed by atoms with Crippen LogP contribution in [0.15, 0.2) is 40.3 Å². The lowest BCUT2D eigenvalue weighted by Crippen LogP contribution is -2.61. The van der Waals surface area contributed by atoms with Crippen LogP contribution in [0, 0.1) is 23.0 Å². The zero-order valence-electron chi connectivity index (χ0n) is 17.7. The second-order valence-corrected chi connectivity index (χ2v) is 8.59. The molecule has 2 aliphatic heterocycles. The summed E-state index contributed by atoms with van der Waals surface area (Å²) in [6.07, 6.45) is 1.21. The van der Waals surface area contributed by atoms with Gasteiger partial charge >= 0.3 is 5.97 Å². The van der Waals surface area contributed by atoms with Gasteiger partial charge in [-0.3, -0.25) is 14.9 Å². The molecule has 0 unspecified atom stereocenters. The minimum Gasteiger partial charge on any atom is -0.456 e. The number of non-ortho nitro benzene ring substituents is 1. The summed E-state index contributed by atoms with van der Waals surface area (Å²) in [5.74, 6) is -0.995. The molecule has 2 aromatic rings. The number of nitro groups is 1. The number of carbonyl (C=O) groups excluding carboxylic acids is 2. The second-order valence-electron chi connectivity index (χ2n) is 7.59. The average Bonchev–Trinajstić information content (AvgIpc) is 3.33. The molecular weight excluding hydrogens is 452 g/mol. The summed E-state index contributed by atoms with van der Waals surface area (Å²) in [6, 6.07) is 5.34. The van der Waals surface area contributed by atoms with E-state index in [0.717, 1.165) is 0 Å². The Morgan fingerprint density at radius 2 is 2.15 bits per heavy atom. The number of aromatic nitrogens is 4. The largest absolute Gasteiger partial charge is 0.456 e. The minimum atomic E-state index is -0.833. The number of nitrogens with zero attached hydrogens (tertiary/aromatic N) is 6. The first-order chi connectivity index (χ1) is 15.8. The highest BCUT2D eigenvalue weighted by atomic mass is 32.2. The molecule has 33 heavy (non-hydrogen) atoms. The van der Waals surface area contributed by atoms with Crippen LogP contribution in [0.1, 0.15) is 24.7 Å². The van der Waals surface area contributed by atoms with E-state index in [1.807, 2.05) is 0 Å². The monoisotopic (exact) mass is 472 g/mol. The predicted molar refractivity (Wildman–Crippen MR) is 116 cm³/mol. The number of aryl methyl sites for hydroxylation is 1. The topological polar surface area (TPSA) is 154 Å². The smallest absolute Gasteiger partial charge is 0.356 e. The second kappa shape index (κ2) is 9.11. The molecule has 12 nitrogen and oxygen atoms in total. The predicted octanol–water partition coefficient (Wildman–Crippen LogP) is 1.62. The average molecular weight is 472 g/mol. The van der Waals surface area contributed by atoms with Gasteiger partial charge in [0.15, 0.2) is 5.82 Å². The Balaban J connectivity index is 1.51. The van der Waals surface area contributed by atoms with E-state index in [9.17, 15) is 24.8 Å². The van der Waals surface area contributed by atoms with Crippen LogP contribution in [0.5, 0.6) is 0 Å². The van der Waals surface area contributed by atoms with E-state index in [1.165, 1.54) is 45.6 Å². The molecule has 0 aliphatic carbocycles. The number of esters is 1. The fourth-order valence-electron chi connectivity index (χ4n) is 3.80. The Bertz CT molecular complexity index is 1160. The summed E-state index contributed by atoms with van der Waals surface area (Å²) < 4.78 is 6.88. The molecule has 0 radical (unpaired) electrons. The number of aliphatic hydroxyl groups is 1. The van der Waals surface area contributed by atoms with Crippen molar-refractivity contribution < 1.29 is 24.4 Å². The number of hydrogen-bond donors (Lipinski definition) is 1. The highest BCUT2D eigenvalue weighted by molar-refractivity contribution is 8.06. The summed E-state index contributed by atoms with van der Waals surface area (Å²) in [7, 11) is 0. The van der Waals surface area contributed by atoms with Crippen molar-refractivity contribution in [2.24, 2.45) is 5.92 Å². The molecule has 2 aliphatic rings. The first-order valence-electron chi connectivity index (χ1n) is 10.0. The molecule has 13 heteroatoms. The number of β-lactam (4-membered cyclic amide) rings is 1. The van der Waals surface area contributed by atoms with Crippen molar-refractivity contribution in [1.29, 1.82) is 0 Å². The van der Waals surface area contributed by atoms with Crippen LogP contribution >= 0.6 is 11.8 Å². The lowest BCUT2D eigenvalue weighted by Gasteiger charge is -2.44. The number of carbonyl (C=O) groups is 2. The summed E-state index contributed by atoms with van der Waals surface area (Å²) in [4.78, 5) is 37.9. The van der Waals surface area contributed by atoms with Gasteiger partial charge in [0.05, 0.1) is 23.0 Å². The van der Waals surface area contributed by atoms with Gasteiger partial charge in [-0.2, -0.15) is 0 Å². The number of thioether (sulfide) groups is 1. The van der Waals surface area contributed by atoms with E-state index in [2.05, 4.69) is 15.5 Å². The molecule has 1 amide bonds. The van der Waals surface area contributed by atoms with Crippen LogP contribution in [0.3, 0.4) is 0 Å². The summed E-state index contributed by atoms with van der Waals surface area (Å²) in [5.41, 5.74) is 0.654. The van der Waals surface area contributed by atoms with Crippen LogP contribution in [-0.2, 0) is 20.9 Å². The van der Waals surface area contributed by atoms with Gasteiger partial charge < -0.3 is 14.7 Å². The number of rotatable bonds is 8. The van der Waals surface area contributed by atoms with Crippen LogP contribution in [0.4, 0.5) is 5.69 Å². The van der Waals surface area contributed by atoms with Crippen molar-refractivity contribution in [1.82, 2.24) is 25.1 Å². The van der Waals surface area contributed by atoms with Crippen molar-refractivity contribution in [2.75, 3.05) is 0 Å². The third-order valence-corrected chi connectivity index (χ3v) is 6.37. The van der Waals surface area contributed by atoms with Crippen molar-refractivity contribution in [3.05, 3.63) is 61.8 Å². The Kier molecular flexibility index (Phi) is 6.24. The van der Waals surface area contributed by atoms with Gasteiger partial charge in [0, 0.05) is 29.7 Å². The van der Waals surface area contributed by atoms with Gasteiger partial charge in [0.25, 0.3) is 5.69 Å². The van der Waals surface area contributed by atoms with E-state index in [0.29, 0.717) is 22.7 Å². The standard InChI is InChI=1S/C20H20N6O6S/c1-11(27)17-15-9-16(33-8-7-24-12(2)21-22-23-24)18(25(15)19(17)28)20(29)32-10-13-3-5-14(6-4-13)26(30)31/h3-8,11,15,17,27H,9-10H2,1-2H3/t11-,15+,17-/m0/s1. The molecule has 1 aromatic heterocycles. The highest BCUT2D eigenvalue weighted by Crippen LogP contribution is 2.47. The van der Waals surface area contributed by atoms with E-state index >= 15 is 0 Å². The normalized spacial score (nSPS) is 20.7. The Labute approximate surface area is 192 Å². The van der Waals surface area contributed by atoms with E-state index in [1.54, 1.807) is 25.5 Å². The summed E-state index contributed by atoms with van der Waals surface area (Å²) >= 11 is 1.25. The third-order valence-electron chi connectivity index (χ3n) is 5.47. The van der Waals surface area contributed by atoms with E-state index < -0.39 is 22.9 Å². The molecule has 1 N–H and O–H groups in total.